The molecular formula is C17H29NO2S. The lowest BCUT2D eigenvalue weighted by Gasteiger charge is -2.24. The molecule has 0 fully saturated rings. The summed E-state index contributed by atoms with van der Waals surface area (Å²) < 4.78 is 23.4. The van der Waals surface area contributed by atoms with Gasteiger partial charge in [0.25, 0.3) is 0 Å². The minimum absolute atomic E-state index is 0.136. The molecule has 1 rings (SSSR count). The number of benzene rings is 1. The first-order valence-electron chi connectivity index (χ1n) is 7.70. The SMILES string of the molecule is CCNC(CS(C)(=O)=O)c1ccc(C(C)C)cc1C(C)C. The number of hydrogen-bond acceptors (Lipinski definition) is 3. The molecule has 120 valence electrons. The van der Waals surface area contributed by atoms with E-state index in [0.717, 1.165) is 12.1 Å². The first kappa shape index (κ1) is 18.2. The van der Waals surface area contributed by atoms with E-state index in [-0.39, 0.29) is 11.8 Å². The van der Waals surface area contributed by atoms with Crippen LogP contribution in [0.1, 0.15) is 69.2 Å². The Kier molecular flexibility index (Phi) is 6.41. The van der Waals surface area contributed by atoms with Crippen LogP contribution in [-0.4, -0.2) is 27.0 Å². The lowest BCUT2D eigenvalue weighted by Crippen LogP contribution is -2.28. The van der Waals surface area contributed by atoms with Crippen LogP contribution in [0.25, 0.3) is 0 Å². The van der Waals surface area contributed by atoms with E-state index in [1.165, 1.54) is 17.4 Å². The van der Waals surface area contributed by atoms with Crippen LogP contribution in [0.4, 0.5) is 0 Å². The fourth-order valence-corrected chi connectivity index (χ4v) is 3.48. The standard InChI is InChI=1S/C17H29NO2S/c1-7-18-17(11-21(6,19)20)15-9-8-14(12(2)3)10-16(15)13(4)5/h8-10,12-13,17-18H,7,11H2,1-6H3. The van der Waals surface area contributed by atoms with Gasteiger partial charge in [-0.2, -0.15) is 0 Å². The summed E-state index contributed by atoms with van der Waals surface area (Å²) in [6, 6.07) is 6.32. The molecule has 0 saturated carbocycles. The maximum atomic E-state index is 11.7. The van der Waals surface area contributed by atoms with E-state index in [1.54, 1.807) is 0 Å². The Morgan fingerprint density at radius 1 is 1.05 bits per heavy atom. The van der Waals surface area contributed by atoms with Crippen molar-refractivity contribution in [2.24, 2.45) is 0 Å². The van der Waals surface area contributed by atoms with Crippen molar-refractivity contribution >= 4 is 9.84 Å². The highest BCUT2D eigenvalue weighted by atomic mass is 32.2. The average Bonchev–Trinajstić information content (AvgIpc) is 2.35. The molecule has 0 aromatic heterocycles. The van der Waals surface area contributed by atoms with Crippen LogP contribution in [0.2, 0.25) is 0 Å². The number of hydrogen-bond donors (Lipinski definition) is 1. The summed E-state index contributed by atoms with van der Waals surface area (Å²) in [4.78, 5) is 0. The van der Waals surface area contributed by atoms with E-state index in [2.05, 4.69) is 51.2 Å². The van der Waals surface area contributed by atoms with Crippen LogP contribution in [0, 0.1) is 0 Å². The van der Waals surface area contributed by atoms with Crippen LogP contribution in [0.15, 0.2) is 18.2 Å². The third-order valence-electron chi connectivity index (χ3n) is 3.69. The van der Waals surface area contributed by atoms with E-state index in [9.17, 15) is 8.42 Å². The normalized spacial score (nSPS) is 13.9. The van der Waals surface area contributed by atoms with E-state index >= 15 is 0 Å². The molecule has 0 aliphatic rings. The van der Waals surface area contributed by atoms with Crippen molar-refractivity contribution in [3.05, 3.63) is 34.9 Å². The van der Waals surface area contributed by atoms with Crippen molar-refractivity contribution in [3.8, 4) is 0 Å². The highest BCUT2D eigenvalue weighted by Crippen LogP contribution is 2.29. The molecule has 0 heterocycles. The molecule has 0 spiro atoms. The highest BCUT2D eigenvalue weighted by molar-refractivity contribution is 7.90. The van der Waals surface area contributed by atoms with Gasteiger partial charge in [-0.25, -0.2) is 8.42 Å². The summed E-state index contributed by atoms with van der Waals surface area (Å²) in [7, 11) is -3.03. The van der Waals surface area contributed by atoms with Crippen molar-refractivity contribution in [2.45, 2.75) is 52.5 Å². The second-order valence-electron chi connectivity index (χ2n) is 6.40. The van der Waals surface area contributed by atoms with Crippen LogP contribution in [0.5, 0.6) is 0 Å². The third kappa shape index (κ3) is 5.44. The lowest BCUT2D eigenvalue weighted by molar-refractivity contribution is 0.558. The summed E-state index contributed by atoms with van der Waals surface area (Å²) in [6.45, 7) is 11.4. The smallest absolute Gasteiger partial charge is 0.149 e. The van der Waals surface area contributed by atoms with Crippen molar-refractivity contribution in [1.29, 1.82) is 0 Å². The van der Waals surface area contributed by atoms with Crippen LogP contribution in [-0.2, 0) is 9.84 Å². The first-order chi connectivity index (χ1) is 9.65. The monoisotopic (exact) mass is 311 g/mol. The predicted octanol–water partition coefficient (Wildman–Crippen LogP) is 3.63. The van der Waals surface area contributed by atoms with Gasteiger partial charge in [0.15, 0.2) is 0 Å². The summed E-state index contributed by atoms with van der Waals surface area (Å²) in [5.41, 5.74) is 3.66. The Bertz CT molecular complexity index is 562. The minimum atomic E-state index is -3.03. The molecule has 0 aliphatic heterocycles. The highest BCUT2D eigenvalue weighted by Gasteiger charge is 2.21. The fourth-order valence-electron chi connectivity index (χ4n) is 2.58. The molecule has 0 aliphatic carbocycles. The molecule has 0 amide bonds. The number of sulfone groups is 1. The van der Waals surface area contributed by atoms with Gasteiger partial charge in [-0.1, -0.05) is 52.8 Å². The Labute approximate surface area is 130 Å². The Morgan fingerprint density at radius 3 is 2.10 bits per heavy atom. The summed E-state index contributed by atoms with van der Waals surface area (Å²) in [6.07, 6.45) is 1.30. The van der Waals surface area contributed by atoms with E-state index in [4.69, 9.17) is 0 Å². The van der Waals surface area contributed by atoms with Gasteiger partial charge in [0.1, 0.15) is 9.84 Å². The zero-order valence-corrected chi connectivity index (χ0v) is 14.9. The van der Waals surface area contributed by atoms with E-state index in [0.29, 0.717) is 11.8 Å². The van der Waals surface area contributed by atoms with Gasteiger partial charge in [0, 0.05) is 12.3 Å². The zero-order valence-electron chi connectivity index (χ0n) is 14.1. The fraction of sp³-hybridized carbons (Fsp3) is 0.647. The quantitative estimate of drug-likeness (QED) is 0.836. The van der Waals surface area contributed by atoms with E-state index in [1.807, 2.05) is 6.92 Å². The molecule has 1 N–H and O–H groups in total. The van der Waals surface area contributed by atoms with Crippen LogP contribution >= 0.6 is 0 Å². The topological polar surface area (TPSA) is 46.2 Å². The predicted molar refractivity (Wildman–Crippen MR) is 90.7 cm³/mol. The maximum Gasteiger partial charge on any atom is 0.149 e. The molecular weight excluding hydrogens is 282 g/mol. The molecule has 1 aromatic rings. The first-order valence-corrected chi connectivity index (χ1v) is 9.76. The zero-order chi connectivity index (χ0) is 16.2. The van der Waals surface area contributed by atoms with Gasteiger partial charge in [0.2, 0.25) is 0 Å². The molecule has 21 heavy (non-hydrogen) atoms. The molecule has 0 radical (unpaired) electrons. The van der Waals surface area contributed by atoms with Gasteiger partial charge in [-0.3, -0.25) is 0 Å². The van der Waals surface area contributed by atoms with Crippen molar-refractivity contribution in [1.82, 2.24) is 5.32 Å². The van der Waals surface area contributed by atoms with Crippen molar-refractivity contribution < 1.29 is 8.42 Å². The summed E-state index contributed by atoms with van der Waals surface area (Å²) in [5.74, 6) is 0.991. The van der Waals surface area contributed by atoms with Gasteiger partial charge in [0.05, 0.1) is 5.75 Å². The molecule has 4 heteroatoms. The third-order valence-corrected chi connectivity index (χ3v) is 4.63. The molecule has 0 bridgehead atoms. The number of rotatable bonds is 7. The Morgan fingerprint density at radius 2 is 1.67 bits per heavy atom. The lowest BCUT2D eigenvalue weighted by atomic mass is 9.89. The Hall–Kier alpha value is -0.870. The van der Waals surface area contributed by atoms with Crippen molar-refractivity contribution in [3.63, 3.8) is 0 Å². The average molecular weight is 311 g/mol. The number of nitrogens with one attached hydrogen (secondary N) is 1. The van der Waals surface area contributed by atoms with Gasteiger partial charge >= 0.3 is 0 Å². The molecule has 3 nitrogen and oxygen atoms in total. The molecule has 1 aromatic carbocycles. The minimum Gasteiger partial charge on any atom is -0.309 e. The van der Waals surface area contributed by atoms with Gasteiger partial charge in [-0.15, -0.1) is 0 Å². The Balaban J connectivity index is 3.29. The molecule has 0 saturated heterocycles. The molecule has 1 unspecified atom stereocenters. The summed E-state index contributed by atoms with van der Waals surface area (Å²) in [5, 5.41) is 3.32. The maximum absolute atomic E-state index is 11.7. The van der Waals surface area contributed by atoms with Gasteiger partial charge in [-0.05, 0) is 35.1 Å². The van der Waals surface area contributed by atoms with Gasteiger partial charge < -0.3 is 5.32 Å². The van der Waals surface area contributed by atoms with Crippen molar-refractivity contribution in [2.75, 3.05) is 18.6 Å². The largest absolute Gasteiger partial charge is 0.309 e. The summed E-state index contributed by atoms with van der Waals surface area (Å²) >= 11 is 0. The van der Waals surface area contributed by atoms with E-state index < -0.39 is 9.84 Å². The second-order valence-corrected chi connectivity index (χ2v) is 8.59. The molecule has 1 atom stereocenters. The second kappa shape index (κ2) is 7.41. The van der Waals surface area contributed by atoms with Crippen LogP contribution in [0.3, 0.4) is 0 Å². The van der Waals surface area contributed by atoms with Crippen LogP contribution < -0.4 is 5.32 Å².